The number of piperazine rings is 1. The van der Waals surface area contributed by atoms with Gasteiger partial charge in [-0.25, -0.2) is 0 Å². The summed E-state index contributed by atoms with van der Waals surface area (Å²) in [5.74, 6) is -0.793. The number of nitro benzene ring substituents is 1. The van der Waals surface area contributed by atoms with Gasteiger partial charge in [0.25, 0.3) is 0 Å². The molecule has 1 aromatic carbocycles. The van der Waals surface area contributed by atoms with Gasteiger partial charge in [-0.1, -0.05) is 11.6 Å². The average Bonchev–Trinajstić information content (AvgIpc) is 2.46. The average molecular weight is 366 g/mol. The Hall–Kier alpha value is -1.21. The fourth-order valence-electron chi connectivity index (χ4n) is 2.66. The summed E-state index contributed by atoms with van der Waals surface area (Å²) in [5, 5.41) is 14.2. The summed E-state index contributed by atoms with van der Waals surface area (Å²) in [4.78, 5) is 12.5. The molecule has 0 aromatic heterocycles. The van der Waals surface area contributed by atoms with E-state index in [0.717, 1.165) is 37.3 Å². The van der Waals surface area contributed by atoms with Crippen LogP contribution in [-0.4, -0.2) is 36.0 Å². The molecule has 0 saturated carbocycles. The van der Waals surface area contributed by atoms with Crippen molar-refractivity contribution in [1.29, 1.82) is 0 Å². The molecular weight excluding hydrogens is 344 g/mol. The zero-order chi connectivity index (χ0) is 15.4. The maximum absolute atomic E-state index is 13.5. The lowest BCUT2D eigenvalue weighted by Crippen LogP contribution is -2.45. The maximum atomic E-state index is 13.5. The standard InChI is InChI=1S/C15H20FN3O2.2ClH/c1-11(2)9-14(18-7-5-17-6-8-18)12-3-4-13(16)15(10-12)19(20)21;;/h3-4,10,14,17H,1,5-9H2,2H3;2*1H/t14-;;/m0../s1. The van der Waals surface area contributed by atoms with Crippen LogP contribution in [0.4, 0.5) is 10.1 Å². The predicted octanol–water partition coefficient (Wildman–Crippen LogP) is 3.49. The Labute approximate surface area is 147 Å². The third kappa shape index (κ3) is 5.73. The number of nitro groups is 1. The summed E-state index contributed by atoms with van der Waals surface area (Å²) < 4.78 is 13.5. The summed E-state index contributed by atoms with van der Waals surface area (Å²) in [5.41, 5.74) is 1.31. The van der Waals surface area contributed by atoms with Crippen LogP contribution in [0.1, 0.15) is 24.9 Å². The van der Waals surface area contributed by atoms with Crippen LogP contribution in [0.2, 0.25) is 0 Å². The monoisotopic (exact) mass is 365 g/mol. The molecule has 8 heteroatoms. The quantitative estimate of drug-likeness (QED) is 0.492. The Bertz CT molecular complexity index is 552. The number of halogens is 3. The molecule has 1 aromatic rings. The van der Waals surface area contributed by atoms with Gasteiger partial charge in [-0.2, -0.15) is 4.39 Å². The lowest BCUT2D eigenvalue weighted by atomic mass is 9.97. The predicted molar refractivity (Wildman–Crippen MR) is 94.2 cm³/mol. The highest BCUT2D eigenvalue weighted by molar-refractivity contribution is 5.85. The Morgan fingerprint density at radius 1 is 1.43 bits per heavy atom. The molecule has 0 amide bonds. The minimum absolute atomic E-state index is 0. The summed E-state index contributed by atoms with van der Waals surface area (Å²) in [7, 11) is 0. The Balaban J connectivity index is 0.00000242. The molecule has 0 spiro atoms. The van der Waals surface area contributed by atoms with E-state index >= 15 is 0 Å². The minimum Gasteiger partial charge on any atom is -0.314 e. The summed E-state index contributed by atoms with van der Waals surface area (Å²) in [6, 6.07) is 4.17. The number of rotatable bonds is 5. The molecule has 23 heavy (non-hydrogen) atoms. The first kappa shape index (κ1) is 21.8. The largest absolute Gasteiger partial charge is 0.314 e. The molecule has 1 aliphatic heterocycles. The van der Waals surface area contributed by atoms with Crippen LogP contribution in [0.5, 0.6) is 0 Å². The number of nitrogens with one attached hydrogen (secondary N) is 1. The van der Waals surface area contributed by atoms with E-state index in [-0.39, 0.29) is 30.9 Å². The molecule has 5 nitrogen and oxygen atoms in total. The van der Waals surface area contributed by atoms with E-state index in [9.17, 15) is 14.5 Å². The van der Waals surface area contributed by atoms with Crippen molar-refractivity contribution in [3.63, 3.8) is 0 Å². The molecule has 0 unspecified atom stereocenters. The highest BCUT2D eigenvalue weighted by Crippen LogP contribution is 2.30. The maximum Gasteiger partial charge on any atom is 0.305 e. The van der Waals surface area contributed by atoms with Crippen LogP contribution < -0.4 is 5.32 Å². The second-order valence-corrected chi connectivity index (χ2v) is 5.43. The van der Waals surface area contributed by atoms with Gasteiger partial charge >= 0.3 is 5.69 Å². The molecule has 130 valence electrons. The van der Waals surface area contributed by atoms with Crippen LogP contribution in [-0.2, 0) is 0 Å². The zero-order valence-electron chi connectivity index (χ0n) is 13.0. The smallest absolute Gasteiger partial charge is 0.305 e. The normalized spacial score (nSPS) is 15.9. The zero-order valence-corrected chi connectivity index (χ0v) is 14.6. The topological polar surface area (TPSA) is 58.4 Å². The second-order valence-electron chi connectivity index (χ2n) is 5.43. The van der Waals surface area contributed by atoms with Crippen molar-refractivity contribution in [1.82, 2.24) is 10.2 Å². The van der Waals surface area contributed by atoms with E-state index < -0.39 is 16.4 Å². The van der Waals surface area contributed by atoms with Gasteiger partial charge in [0, 0.05) is 38.3 Å². The van der Waals surface area contributed by atoms with Crippen molar-refractivity contribution in [2.75, 3.05) is 26.2 Å². The third-order valence-electron chi connectivity index (χ3n) is 3.69. The SMILES string of the molecule is C=C(C)C[C@@H](c1ccc(F)c([N+](=O)[O-])c1)N1CCNCC1.Cl.Cl. The third-order valence-corrected chi connectivity index (χ3v) is 3.69. The minimum atomic E-state index is -0.793. The molecule has 1 heterocycles. The molecule has 2 rings (SSSR count). The van der Waals surface area contributed by atoms with Gasteiger partial charge in [0.15, 0.2) is 0 Å². The van der Waals surface area contributed by atoms with Crippen LogP contribution >= 0.6 is 24.8 Å². The summed E-state index contributed by atoms with van der Waals surface area (Å²) in [6.07, 6.45) is 0.711. The van der Waals surface area contributed by atoms with Crippen LogP contribution in [0.25, 0.3) is 0 Å². The van der Waals surface area contributed by atoms with Gasteiger partial charge in [-0.3, -0.25) is 15.0 Å². The van der Waals surface area contributed by atoms with Crippen molar-refractivity contribution < 1.29 is 9.31 Å². The number of hydrogen-bond donors (Lipinski definition) is 1. The van der Waals surface area contributed by atoms with E-state index in [2.05, 4.69) is 16.8 Å². The van der Waals surface area contributed by atoms with Gasteiger partial charge in [0.05, 0.1) is 4.92 Å². The van der Waals surface area contributed by atoms with Gasteiger partial charge < -0.3 is 5.32 Å². The van der Waals surface area contributed by atoms with Crippen LogP contribution in [0.3, 0.4) is 0 Å². The summed E-state index contributed by atoms with van der Waals surface area (Å²) in [6.45, 7) is 9.38. The van der Waals surface area contributed by atoms with Gasteiger partial charge in [0.2, 0.25) is 5.82 Å². The van der Waals surface area contributed by atoms with E-state index in [4.69, 9.17) is 0 Å². The highest BCUT2D eigenvalue weighted by atomic mass is 35.5. The van der Waals surface area contributed by atoms with E-state index in [1.165, 1.54) is 12.1 Å². The summed E-state index contributed by atoms with van der Waals surface area (Å²) >= 11 is 0. The molecule has 1 aliphatic rings. The number of benzene rings is 1. The first-order valence-corrected chi connectivity index (χ1v) is 7.02. The molecule has 1 N–H and O–H groups in total. The van der Waals surface area contributed by atoms with Crippen molar-refractivity contribution in [3.8, 4) is 0 Å². The van der Waals surface area contributed by atoms with Crippen molar-refractivity contribution in [2.24, 2.45) is 0 Å². The number of nitrogens with zero attached hydrogens (tertiary/aromatic N) is 2. The fourth-order valence-corrected chi connectivity index (χ4v) is 2.66. The highest BCUT2D eigenvalue weighted by Gasteiger charge is 2.25. The lowest BCUT2D eigenvalue weighted by Gasteiger charge is -2.35. The van der Waals surface area contributed by atoms with Crippen LogP contribution in [0.15, 0.2) is 30.4 Å². The van der Waals surface area contributed by atoms with Gasteiger partial charge in [-0.15, -0.1) is 31.4 Å². The van der Waals surface area contributed by atoms with Gasteiger partial charge in [-0.05, 0) is 25.0 Å². The molecule has 0 bridgehead atoms. The first-order valence-electron chi connectivity index (χ1n) is 7.02. The van der Waals surface area contributed by atoms with E-state index in [0.29, 0.717) is 6.42 Å². The Morgan fingerprint density at radius 3 is 2.57 bits per heavy atom. The molecule has 0 aliphatic carbocycles. The van der Waals surface area contributed by atoms with Crippen LogP contribution in [0, 0.1) is 15.9 Å². The second kappa shape index (κ2) is 9.82. The molecule has 1 fully saturated rings. The Morgan fingerprint density at radius 2 is 2.04 bits per heavy atom. The van der Waals surface area contributed by atoms with E-state index in [1.807, 2.05) is 6.92 Å². The molecular formula is C15H22Cl2FN3O2. The van der Waals surface area contributed by atoms with Crippen molar-refractivity contribution >= 4 is 30.5 Å². The van der Waals surface area contributed by atoms with Crippen molar-refractivity contribution in [3.05, 3.63) is 51.8 Å². The lowest BCUT2D eigenvalue weighted by molar-refractivity contribution is -0.387. The first-order chi connectivity index (χ1) is 9.99. The number of hydrogen-bond acceptors (Lipinski definition) is 4. The van der Waals surface area contributed by atoms with Crippen molar-refractivity contribution in [2.45, 2.75) is 19.4 Å². The molecule has 1 saturated heterocycles. The van der Waals surface area contributed by atoms with Gasteiger partial charge in [0.1, 0.15) is 0 Å². The Kier molecular flexibility index (Phi) is 9.31. The fraction of sp³-hybridized carbons (Fsp3) is 0.467. The van der Waals surface area contributed by atoms with E-state index in [1.54, 1.807) is 6.07 Å². The molecule has 0 radical (unpaired) electrons. The molecule has 1 atom stereocenters.